The fourth-order valence-electron chi connectivity index (χ4n) is 2.24. The van der Waals surface area contributed by atoms with E-state index in [1.807, 2.05) is 17.0 Å². The van der Waals surface area contributed by atoms with Crippen LogP contribution in [0.1, 0.15) is 19.8 Å². The zero-order chi connectivity index (χ0) is 13.0. The number of nitrogens with zero attached hydrogens (tertiary/aromatic N) is 1. The van der Waals surface area contributed by atoms with Crippen LogP contribution in [-0.2, 0) is 4.79 Å². The van der Waals surface area contributed by atoms with Crippen LogP contribution < -0.4 is 10.5 Å². The molecule has 1 saturated heterocycles. The molecule has 1 atom stereocenters. The topological polar surface area (TPSA) is 55.6 Å². The number of amides is 1. The zero-order valence-electron chi connectivity index (χ0n) is 10.8. The van der Waals surface area contributed by atoms with Crippen molar-refractivity contribution in [3.8, 4) is 5.75 Å². The number of rotatable bonds is 4. The van der Waals surface area contributed by atoms with Gasteiger partial charge in [-0.3, -0.25) is 4.79 Å². The van der Waals surface area contributed by atoms with E-state index in [1.54, 1.807) is 12.1 Å². The molecule has 0 spiro atoms. The number of hydrogen-bond donors (Lipinski definition) is 1. The first-order chi connectivity index (χ1) is 8.70. The van der Waals surface area contributed by atoms with Crippen molar-refractivity contribution < 1.29 is 9.53 Å². The Kier molecular flexibility index (Phi) is 4.07. The summed E-state index contributed by atoms with van der Waals surface area (Å²) >= 11 is 0. The maximum absolute atomic E-state index is 12.0. The molecule has 4 nitrogen and oxygen atoms in total. The number of nitrogens with two attached hydrogens (primary N) is 1. The Morgan fingerprint density at radius 1 is 1.50 bits per heavy atom. The molecule has 0 saturated carbocycles. The van der Waals surface area contributed by atoms with Gasteiger partial charge in [-0.2, -0.15) is 0 Å². The molecule has 2 rings (SSSR count). The molecule has 1 unspecified atom stereocenters. The highest BCUT2D eigenvalue weighted by Gasteiger charge is 2.25. The summed E-state index contributed by atoms with van der Waals surface area (Å²) in [5, 5.41) is 0. The van der Waals surface area contributed by atoms with Crippen LogP contribution in [0.2, 0.25) is 0 Å². The van der Waals surface area contributed by atoms with E-state index < -0.39 is 0 Å². The molecule has 1 aromatic carbocycles. The van der Waals surface area contributed by atoms with Crippen LogP contribution in [0.25, 0.3) is 0 Å². The van der Waals surface area contributed by atoms with Gasteiger partial charge in [0.1, 0.15) is 5.75 Å². The lowest BCUT2D eigenvalue weighted by Gasteiger charge is -2.17. The molecule has 1 aliphatic rings. The van der Waals surface area contributed by atoms with Crippen molar-refractivity contribution in [2.75, 3.05) is 25.4 Å². The van der Waals surface area contributed by atoms with E-state index in [0.717, 1.165) is 25.9 Å². The van der Waals surface area contributed by atoms with Gasteiger partial charge < -0.3 is 15.4 Å². The van der Waals surface area contributed by atoms with E-state index in [9.17, 15) is 4.79 Å². The van der Waals surface area contributed by atoms with E-state index in [0.29, 0.717) is 17.4 Å². The van der Waals surface area contributed by atoms with Crippen molar-refractivity contribution in [3.05, 3.63) is 24.3 Å². The first-order valence-electron chi connectivity index (χ1n) is 6.45. The van der Waals surface area contributed by atoms with Crippen LogP contribution in [0.4, 0.5) is 5.69 Å². The summed E-state index contributed by atoms with van der Waals surface area (Å²) in [4.78, 5) is 13.8. The van der Waals surface area contributed by atoms with E-state index in [4.69, 9.17) is 10.5 Å². The summed E-state index contributed by atoms with van der Waals surface area (Å²) in [7, 11) is 0. The molecule has 4 heteroatoms. The normalized spacial score (nSPS) is 18.9. The highest BCUT2D eigenvalue weighted by atomic mass is 16.5. The van der Waals surface area contributed by atoms with Gasteiger partial charge in [-0.05, 0) is 24.5 Å². The average Bonchev–Trinajstić information content (AvgIpc) is 2.86. The highest BCUT2D eigenvalue weighted by molar-refractivity contribution is 5.78. The Labute approximate surface area is 108 Å². The van der Waals surface area contributed by atoms with Crippen molar-refractivity contribution in [2.45, 2.75) is 19.8 Å². The monoisotopic (exact) mass is 248 g/mol. The fraction of sp³-hybridized carbons (Fsp3) is 0.500. The predicted octanol–water partition coefficient (Wildman–Crippen LogP) is 1.91. The molecule has 0 aliphatic carbocycles. The zero-order valence-corrected chi connectivity index (χ0v) is 10.8. The quantitative estimate of drug-likeness (QED) is 0.828. The van der Waals surface area contributed by atoms with Gasteiger partial charge in [-0.15, -0.1) is 0 Å². The lowest BCUT2D eigenvalue weighted by atomic mass is 10.1. The fourth-order valence-corrected chi connectivity index (χ4v) is 2.24. The first kappa shape index (κ1) is 12.7. The molecule has 1 aromatic rings. The minimum Gasteiger partial charge on any atom is -0.482 e. The number of likely N-dealkylation sites (tertiary alicyclic amines) is 1. The third-order valence-electron chi connectivity index (χ3n) is 3.49. The molecule has 0 radical (unpaired) electrons. The summed E-state index contributed by atoms with van der Waals surface area (Å²) < 4.78 is 5.46. The van der Waals surface area contributed by atoms with Crippen molar-refractivity contribution in [2.24, 2.45) is 5.92 Å². The molecule has 0 bridgehead atoms. The number of ether oxygens (including phenoxy) is 1. The van der Waals surface area contributed by atoms with Crippen molar-refractivity contribution in [1.29, 1.82) is 0 Å². The molecular weight excluding hydrogens is 228 g/mol. The van der Waals surface area contributed by atoms with Crippen LogP contribution in [0.5, 0.6) is 5.75 Å². The first-order valence-corrected chi connectivity index (χ1v) is 6.45. The van der Waals surface area contributed by atoms with Crippen molar-refractivity contribution >= 4 is 11.6 Å². The summed E-state index contributed by atoms with van der Waals surface area (Å²) in [6.45, 7) is 3.96. The number of nitrogen functional groups attached to an aromatic ring is 1. The second-order valence-electron chi connectivity index (χ2n) is 4.73. The van der Waals surface area contributed by atoms with Gasteiger partial charge in [-0.25, -0.2) is 0 Å². The van der Waals surface area contributed by atoms with E-state index in [-0.39, 0.29) is 12.5 Å². The molecular formula is C14H20N2O2. The molecule has 1 aliphatic heterocycles. The molecule has 98 valence electrons. The van der Waals surface area contributed by atoms with Gasteiger partial charge in [0.05, 0.1) is 5.69 Å². The molecule has 18 heavy (non-hydrogen) atoms. The number of anilines is 1. The molecule has 0 aromatic heterocycles. The lowest BCUT2D eigenvalue weighted by Crippen LogP contribution is -2.33. The Morgan fingerprint density at radius 2 is 2.28 bits per heavy atom. The van der Waals surface area contributed by atoms with Crippen LogP contribution in [-0.4, -0.2) is 30.5 Å². The molecule has 1 heterocycles. The maximum Gasteiger partial charge on any atom is 0.260 e. The van der Waals surface area contributed by atoms with Gasteiger partial charge in [0.2, 0.25) is 0 Å². The summed E-state index contributed by atoms with van der Waals surface area (Å²) in [6, 6.07) is 7.24. The van der Waals surface area contributed by atoms with Crippen molar-refractivity contribution in [1.82, 2.24) is 4.90 Å². The van der Waals surface area contributed by atoms with Gasteiger partial charge in [0.25, 0.3) is 5.91 Å². The van der Waals surface area contributed by atoms with Gasteiger partial charge in [0.15, 0.2) is 6.61 Å². The predicted molar refractivity (Wildman–Crippen MR) is 71.3 cm³/mol. The minimum atomic E-state index is 0.0502. The molecule has 1 fully saturated rings. The lowest BCUT2D eigenvalue weighted by molar-refractivity contribution is -0.132. The smallest absolute Gasteiger partial charge is 0.260 e. The Hall–Kier alpha value is -1.71. The van der Waals surface area contributed by atoms with E-state index >= 15 is 0 Å². The van der Waals surface area contributed by atoms with E-state index in [1.165, 1.54) is 0 Å². The summed E-state index contributed by atoms with van der Waals surface area (Å²) in [5.41, 5.74) is 6.32. The third kappa shape index (κ3) is 2.94. The number of para-hydroxylation sites is 2. The third-order valence-corrected chi connectivity index (χ3v) is 3.49. The van der Waals surface area contributed by atoms with Gasteiger partial charge in [0, 0.05) is 13.1 Å². The van der Waals surface area contributed by atoms with Gasteiger partial charge in [-0.1, -0.05) is 25.5 Å². The van der Waals surface area contributed by atoms with Crippen LogP contribution in [0.15, 0.2) is 24.3 Å². The Morgan fingerprint density at radius 3 is 2.94 bits per heavy atom. The number of carbonyl (C=O) groups excluding carboxylic acids is 1. The largest absolute Gasteiger partial charge is 0.482 e. The Balaban J connectivity index is 1.84. The SMILES string of the molecule is CCC1CCN(C(=O)COc2ccccc2N)C1. The average molecular weight is 248 g/mol. The van der Waals surface area contributed by atoms with Crippen LogP contribution in [0, 0.1) is 5.92 Å². The molecule has 2 N–H and O–H groups in total. The summed E-state index contributed by atoms with van der Waals surface area (Å²) in [6.07, 6.45) is 2.24. The number of benzene rings is 1. The Bertz CT molecular complexity index is 420. The minimum absolute atomic E-state index is 0.0502. The summed E-state index contributed by atoms with van der Waals surface area (Å²) in [5.74, 6) is 1.28. The van der Waals surface area contributed by atoms with Crippen molar-refractivity contribution in [3.63, 3.8) is 0 Å². The highest BCUT2D eigenvalue weighted by Crippen LogP contribution is 2.21. The second kappa shape index (κ2) is 5.76. The maximum atomic E-state index is 12.0. The van der Waals surface area contributed by atoms with Gasteiger partial charge >= 0.3 is 0 Å². The van der Waals surface area contributed by atoms with Crippen LogP contribution in [0.3, 0.4) is 0 Å². The van der Waals surface area contributed by atoms with Crippen LogP contribution >= 0.6 is 0 Å². The number of carbonyl (C=O) groups is 1. The molecule has 1 amide bonds. The number of hydrogen-bond acceptors (Lipinski definition) is 3. The second-order valence-corrected chi connectivity index (χ2v) is 4.73. The van der Waals surface area contributed by atoms with E-state index in [2.05, 4.69) is 6.92 Å². The standard InChI is InChI=1S/C14H20N2O2/c1-2-11-7-8-16(9-11)14(17)10-18-13-6-4-3-5-12(13)15/h3-6,11H,2,7-10,15H2,1H3.